The predicted molar refractivity (Wildman–Crippen MR) is 472 cm³/mol. The van der Waals surface area contributed by atoms with Gasteiger partial charge in [-0.05, 0) is 167 Å². The zero-order valence-corrected chi connectivity index (χ0v) is 74.3. The minimum Gasteiger partial charge on any atom is -0.388 e. The summed E-state index contributed by atoms with van der Waals surface area (Å²) in [5.41, 5.74) is 1.35. The molecular weight excluding hydrogens is 1560 g/mol. The molecule has 20 atom stereocenters. The molecule has 9 aliphatic rings. The van der Waals surface area contributed by atoms with Crippen molar-refractivity contribution < 1.29 is 74.4 Å². The van der Waals surface area contributed by atoms with Crippen LogP contribution in [0, 0.1) is 12.3 Å². The lowest BCUT2D eigenvalue weighted by Crippen LogP contribution is -2.47. The van der Waals surface area contributed by atoms with Gasteiger partial charge in [0.25, 0.3) is 0 Å². The van der Waals surface area contributed by atoms with Crippen molar-refractivity contribution >= 4 is 89.6 Å². The van der Waals surface area contributed by atoms with Crippen LogP contribution in [0.15, 0.2) is 130 Å². The van der Waals surface area contributed by atoms with Gasteiger partial charge in [-0.3, -0.25) is 24.5 Å². The molecule has 36 heteroatoms. The quantitative estimate of drug-likeness (QED) is 0.0792. The van der Waals surface area contributed by atoms with Gasteiger partial charge in [0, 0.05) is 84.3 Å². The molecule has 0 radical (unpaired) electrons. The van der Waals surface area contributed by atoms with E-state index in [9.17, 15) is 50.8 Å². The fourth-order valence-corrected chi connectivity index (χ4v) is 18.3. The van der Waals surface area contributed by atoms with Crippen molar-refractivity contribution in [2.75, 3.05) is 133 Å². The maximum absolute atomic E-state index is 12.2. The zero-order valence-electron chi connectivity index (χ0n) is 69.8. The molecule has 2 aromatic heterocycles. The van der Waals surface area contributed by atoms with E-state index in [0.29, 0.717) is 54.8 Å². The molecule has 0 saturated carbocycles. The SMILES string of the molecule is C=C1N=C(N(C)C)C=CN1C1O[C@H](CCP(=C)(C)C)[C@@H](O)[C@H]1O.C=C1N=c2[nH]c(C)cc2=CN1C1O[C@H](CCP(=C)(C)C)[C@@H](O)[C@H]1O.C=C1NC(=NC)C=CN1C1O[C@H](CCP(=C)(C)C)[C@@H](O)[C@H]1O.C=C1NC(=NC)C=CN1C1O[C@H](CCP(=C)(C)C)[C@@H](O)[C@H]1OC.C=P(C)(C)CC[C@H]1OC(n2ccc(=N)n(C)c2=O)[C@H](O)[C@@H]1O. The number of aromatic nitrogens is 3. The van der Waals surface area contributed by atoms with Crippen LogP contribution in [0.5, 0.6) is 0 Å². The molecule has 11 rings (SSSR count). The van der Waals surface area contributed by atoms with E-state index in [1.165, 1.54) is 23.9 Å². The van der Waals surface area contributed by atoms with Crippen LogP contribution in [0.1, 0.15) is 44.0 Å². The summed E-state index contributed by atoms with van der Waals surface area (Å²) in [5, 5.41) is 107. The van der Waals surface area contributed by atoms with Crippen LogP contribution >= 0.6 is 34.4 Å². The summed E-state index contributed by atoms with van der Waals surface area (Å²) in [7, 11) is 10.3. The van der Waals surface area contributed by atoms with Crippen LogP contribution in [-0.4, -0.2) is 383 Å². The Balaban J connectivity index is 0.000000197. The van der Waals surface area contributed by atoms with E-state index < -0.39 is 151 Å². The highest BCUT2D eigenvalue weighted by Crippen LogP contribution is 2.44. The van der Waals surface area contributed by atoms with Crippen molar-refractivity contribution in [3.05, 3.63) is 137 Å². The van der Waals surface area contributed by atoms with Crippen molar-refractivity contribution in [2.24, 2.45) is 27.0 Å². The van der Waals surface area contributed by atoms with E-state index in [0.717, 1.165) is 69.9 Å². The number of aromatic amines is 1. The van der Waals surface area contributed by atoms with E-state index in [4.69, 9.17) is 33.8 Å². The molecule has 0 spiro atoms. The third-order valence-electron chi connectivity index (χ3n) is 20.3. The minimum absolute atomic E-state index is 0.0643. The fraction of sp³-hybridized carbons (Fsp3) is 0.603. The second kappa shape index (κ2) is 39.9. The molecule has 5 unspecified atom stereocenters. The Morgan fingerprint density at radius 3 is 1.25 bits per heavy atom. The van der Waals surface area contributed by atoms with Crippen LogP contribution in [0.4, 0.5) is 0 Å². The maximum Gasteiger partial charge on any atom is 0.331 e. The molecule has 640 valence electrons. The van der Waals surface area contributed by atoms with E-state index in [-0.39, 0.29) is 17.7 Å². The van der Waals surface area contributed by atoms with Gasteiger partial charge < -0.3 is 114 Å². The minimum atomic E-state index is -1.25. The summed E-state index contributed by atoms with van der Waals surface area (Å²) in [6.45, 7) is 33.2. The summed E-state index contributed by atoms with van der Waals surface area (Å²) < 4.78 is 37.4. The molecule has 2 aromatic rings. The number of amidine groups is 3. The molecule has 0 aromatic carbocycles. The van der Waals surface area contributed by atoms with Gasteiger partial charge in [0.2, 0.25) is 0 Å². The molecule has 114 heavy (non-hydrogen) atoms. The zero-order chi connectivity index (χ0) is 85.4. The van der Waals surface area contributed by atoms with Gasteiger partial charge >= 0.3 is 5.69 Å². The highest BCUT2D eigenvalue weighted by atomic mass is 31.2. The standard InChI is InChI=1S/C17H26N3O3P.2C16H28N3O3P.C15H26N3O3P.C14H24N3O4P/c1-10-8-12-9-20(11(2)19-16(12)18-10)17-15(22)14(21)13(23-17)6-7-24(3,4)5;1-11-17-13(18(2)3)7-9-19(11)16-15(21)14(20)12(22-16)8-10-23(4,5)6;1-11-18-13(17-2)7-9-19(11)16-15(21-3)14(20)12(22-16)8-10-23(4,5)6;1-10-17-12(16-2)6-8-18(10)15-14(20)13(19)11(21-15)7-9-22(3,4)5;1-16-10(15)5-7-17(14(16)20)13-12(19)11(18)9(21-13)6-8-22(2,3)4/h8-9,13-15,17,21-22H,2-3,6-7H2,1,4-5H3,(H,18,19);7,9,12,14-16,20-21H,1,4,8,10H2,2-3,5-6H3;7,9,12,14-16,20H,1,4,8,10H2,2-3,5-6H3,(H,17,18);6,8,11,13-15,19-20H,1,3,7,9H2,2,4-5H3,(H,16,17);5,7,9,11-13,15,18-19H,2,6,8H2,1,3-4H3/t13-,14-,15-,17?;2*12-,14-,15-,16?;11-,13-,14-,15?;9-,11-,12-,13?/m11111/s1. The number of ether oxygens (including phenoxy) is 6. The Morgan fingerprint density at radius 2 is 0.877 bits per heavy atom. The summed E-state index contributed by atoms with van der Waals surface area (Å²) in [6, 6.07) is 3.42. The van der Waals surface area contributed by atoms with Crippen LogP contribution in [0.25, 0.3) is 6.20 Å². The molecule has 0 aliphatic carbocycles. The second-order valence-corrected chi connectivity index (χ2v) is 55.4. The van der Waals surface area contributed by atoms with Crippen LogP contribution < -0.4 is 32.5 Å². The highest BCUT2D eigenvalue weighted by molar-refractivity contribution is 7.73. The van der Waals surface area contributed by atoms with Crippen LogP contribution in [0.3, 0.4) is 0 Å². The molecule has 9 aliphatic heterocycles. The van der Waals surface area contributed by atoms with Crippen molar-refractivity contribution in [1.29, 1.82) is 5.41 Å². The number of aryl methyl sites for hydroxylation is 1. The first kappa shape index (κ1) is 95.5. The Hall–Kier alpha value is -5.68. The molecule has 31 nitrogen and oxygen atoms in total. The largest absolute Gasteiger partial charge is 0.388 e. The lowest BCUT2D eigenvalue weighted by atomic mass is 10.1. The van der Waals surface area contributed by atoms with Gasteiger partial charge in [0.05, 0.1) is 30.5 Å². The van der Waals surface area contributed by atoms with Gasteiger partial charge in [-0.1, -0.05) is 26.3 Å². The summed E-state index contributed by atoms with van der Waals surface area (Å²) >= 11 is 0. The molecule has 11 heterocycles. The average Bonchev–Trinajstić information content (AvgIpc) is 1.73. The molecule has 5 saturated heterocycles. The topological polar surface area (TPSA) is 394 Å². The summed E-state index contributed by atoms with van der Waals surface area (Å²) in [6.07, 6.45) is 28.6. The van der Waals surface area contributed by atoms with Crippen molar-refractivity contribution in [1.82, 2.24) is 49.3 Å². The first-order valence-electron chi connectivity index (χ1n) is 37.9. The number of H-pyrrole nitrogens is 1. The average molecular weight is 1690 g/mol. The number of aliphatic imine (C=N–C) groups is 3. The summed E-state index contributed by atoms with van der Waals surface area (Å²) in [4.78, 5) is 41.1. The number of aliphatic hydroxyl groups is 9. The van der Waals surface area contributed by atoms with E-state index in [1.807, 2.05) is 61.4 Å². The first-order valence-corrected chi connectivity index (χ1v) is 53.2. The Bertz CT molecular complexity index is 4450. The third kappa shape index (κ3) is 25.7. The number of hydrogen-bond donors (Lipinski definition) is 13. The normalized spacial score (nSPS) is 31.6. The number of nitrogens with one attached hydrogen (secondary N) is 4. The van der Waals surface area contributed by atoms with E-state index >= 15 is 0 Å². The Labute approximate surface area is 673 Å². The van der Waals surface area contributed by atoms with Crippen LogP contribution in [-0.2, 0) is 35.5 Å². The number of rotatable bonds is 21. The van der Waals surface area contributed by atoms with Gasteiger partial charge in [-0.25, -0.2) is 14.8 Å². The maximum atomic E-state index is 12.2. The number of methoxy groups -OCH3 is 1. The first-order chi connectivity index (χ1) is 52.9. The smallest absolute Gasteiger partial charge is 0.331 e. The van der Waals surface area contributed by atoms with Crippen molar-refractivity contribution in [3.8, 4) is 0 Å². The Morgan fingerprint density at radius 1 is 0.526 bits per heavy atom. The predicted octanol–water partition coefficient (Wildman–Crippen LogP) is 1.75. The number of aliphatic hydroxyl groups excluding tert-OH is 9. The van der Waals surface area contributed by atoms with Crippen molar-refractivity contribution in [2.45, 2.75) is 162 Å². The van der Waals surface area contributed by atoms with Crippen LogP contribution in [0.2, 0.25) is 0 Å². The monoisotopic (exact) mass is 1690 g/mol. The van der Waals surface area contributed by atoms with Gasteiger partial charge in [-0.2, -0.15) is 0 Å². The Kier molecular flexibility index (Phi) is 33.4. The van der Waals surface area contributed by atoms with Gasteiger partial charge in [0.1, 0.15) is 113 Å². The van der Waals surface area contributed by atoms with Gasteiger partial charge in [-0.15, -0.1) is 65.9 Å². The molecule has 5 fully saturated rings. The lowest BCUT2D eigenvalue weighted by Gasteiger charge is -2.34. The summed E-state index contributed by atoms with van der Waals surface area (Å²) in [5.74, 6) is 4.38. The highest BCUT2D eigenvalue weighted by Gasteiger charge is 2.51. The van der Waals surface area contributed by atoms with Gasteiger partial charge in [0.15, 0.2) is 31.1 Å². The number of likely N-dealkylation sites (N-methyl/N-ethyl adjacent to an activating group) is 1. The molecule has 0 bridgehead atoms. The number of fused-ring (bicyclic) bond motifs is 1. The molecule has 0 amide bonds. The molecule has 13 N–H and O–H groups in total. The number of nitrogens with zero attached hydrogens (tertiary/aromatic N) is 11. The van der Waals surface area contributed by atoms with Crippen molar-refractivity contribution in [3.63, 3.8) is 0 Å². The van der Waals surface area contributed by atoms with E-state index in [1.54, 1.807) is 54.4 Å². The van der Waals surface area contributed by atoms with E-state index in [2.05, 4.69) is 160 Å². The fourth-order valence-electron chi connectivity index (χ4n) is 13.5. The lowest BCUT2D eigenvalue weighted by molar-refractivity contribution is -0.0709. The second-order valence-electron chi connectivity index (χ2n) is 33.8. The molecular formula is C78H132N15O16P5. The third-order valence-corrected chi connectivity index (χ3v) is 27.6. The number of hydrogen-bond acceptors (Lipinski definition) is 26.